The number of carbonyl (C=O) groups is 2. The first-order valence-electron chi connectivity index (χ1n) is 9.55. The SMILES string of the molecule is O=C1CC2C[C@@H](C1)C2CS(=O)(=O)c1cc(C(=O)Nc2cc(F)c(F)c(F)c2)ccc1Cl. The summed E-state index contributed by atoms with van der Waals surface area (Å²) in [4.78, 5) is 23.8. The monoisotopic (exact) mass is 471 g/mol. The number of benzene rings is 2. The van der Waals surface area contributed by atoms with Crippen LogP contribution < -0.4 is 5.32 Å². The van der Waals surface area contributed by atoms with Crippen LogP contribution in [-0.2, 0) is 14.6 Å². The van der Waals surface area contributed by atoms with E-state index in [0.717, 1.165) is 12.5 Å². The van der Waals surface area contributed by atoms with Crippen molar-refractivity contribution in [1.29, 1.82) is 0 Å². The van der Waals surface area contributed by atoms with Gasteiger partial charge < -0.3 is 5.32 Å². The molecule has 2 unspecified atom stereocenters. The molecule has 2 bridgehead atoms. The van der Waals surface area contributed by atoms with Crippen LogP contribution in [0, 0.1) is 35.2 Å². The second kappa shape index (κ2) is 7.94. The number of carbonyl (C=O) groups excluding carboxylic acids is 2. The number of halogens is 4. The summed E-state index contributed by atoms with van der Waals surface area (Å²) in [5.74, 6) is -5.50. The fourth-order valence-electron chi connectivity index (χ4n) is 4.39. The molecule has 3 atom stereocenters. The molecule has 0 aliphatic heterocycles. The summed E-state index contributed by atoms with van der Waals surface area (Å²) in [6.45, 7) is 0. The molecule has 3 aliphatic carbocycles. The largest absolute Gasteiger partial charge is 0.322 e. The number of rotatable bonds is 5. The van der Waals surface area contributed by atoms with Gasteiger partial charge in [-0.05, 0) is 42.4 Å². The van der Waals surface area contributed by atoms with E-state index in [1.165, 1.54) is 12.1 Å². The number of hydrogen-bond acceptors (Lipinski definition) is 4. The maximum atomic E-state index is 13.4. The summed E-state index contributed by atoms with van der Waals surface area (Å²) in [7, 11) is -3.85. The lowest BCUT2D eigenvalue weighted by atomic mass is 9.57. The Kier molecular flexibility index (Phi) is 5.59. The minimum atomic E-state index is -3.85. The number of fused-ring (bicyclic) bond motifs is 2. The third-order valence-corrected chi connectivity index (χ3v) is 8.25. The van der Waals surface area contributed by atoms with Crippen molar-refractivity contribution in [3.8, 4) is 0 Å². The quantitative estimate of drug-likeness (QED) is 0.655. The van der Waals surface area contributed by atoms with Gasteiger partial charge in [-0.1, -0.05) is 11.6 Å². The fraction of sp³-hybridized carbons (Fsp3) is 0.333. The summed E-state index contributed by atoms with van der Waals surface area (Å²) in [5, 5.41) is 2.15. The van der Waals surface area contributed by atoms with E-state index in [2.05, 4.69) is 5.32 Å². The molecule has 164 valence electrons. The summed E-state index contributed by atoms with van der Waals surface area (Å²) < 4.78 is 65.8. The van der Waals surface area contributed by atoms with E-state index in [0.29, 0.717) is 25.0 Å². The third-order valence-electron chi connectivity index (χ3n) is 5.98. The Balaban J connectivity index is 1.55. The normalized spacial score (nSPS) is 22.7. The average Bonchev–Trinajstić information content (AvgIpc) is 2.70. The lowest BCUT2D eigenvalue weighted by molar-refractivity contribution is -0.131. The van der Waals surface area contributed by atoms with Gasteiger partial charge in [0.1, 0.15) is 5.78 Å². The number of Topliss-reactive ketones (excluding diaryl/α,β-unsaturated/α-hetero) is 1. The molecular formula is C21H17ClF3NO4S. The molecule has 31 heavy (non-hydrogen) atoms. The predicted molar refractivity (Wildman–Crippen MR) is 107 cm³/mol. The van der Waals surface area contributed by atoms with Gasteiger partial charge in [0, 0.05) is 36.2 Å². The summed E-state index contributed by atoms with van der Waals surface area (Å²) in [6.07, 6.45) is 1.61. The highest BCUT2D eigenvalue weighted by atomic mass is 35.5. The summed E-state index contributed by atoms with van der Waals surface area (Å²) in [6, 6.07) is 4.84. The highest BCUT2D eigenvalue weighted by Gasteiger charge is 2.48. The smallest absolute Gasteiger partial charge is 0.255 e. The third kappa shape index (κ3) is 4.21. The van der Waals surface area contributed by atoms with Crippen molar-refractivity contribution in [2.45, 2.75) is 24.2 Å². The van der Waals surface area contributed by atoms with E-state index >= 15 is 0 Å². The standard InChI is InChI=1S/C21H17ClF3NO4S/c22-16-2-1-10(21(28)26-13-7-17(23)20(25)18(24)8-13)6-19(16)31(29,30)9-15-11-3-12(15)5-14(27)4-11/h1-2,6-8,11-12,15H,3-5,9H2,(H,26,28)/t11-,12?,15?/m0/s1. The first kappa shape index (κ1) is 21.8. The molecule has 3 fully saturated rings. The molecule has 1 amide bonds. The minimum Gasteiger partial charge on any atom is -0.322 e. The topological polar surface area (TPSA) is 80.3 Å². The predicted octanol–water partition coefficient (Wildman–Crippen LogP) is 4.40. The molecule has 2 aromatic carbocycles. The van der Waals surface area contributed by atoms with E-state index in [4.69, 9.17) is 11.6 Å². The van der Waals surface area contributed by atoms with Gasteiger partial charge in [0.15, 0.2) is 27.3 Å². The van der Waals surface area contributed by atoms with Gasteiger partial charge in [-0.2, -0.15) is 0 Å². The molecule has 3 aliphatic rings. The average molecular weight is 472 g/mol. The zero-order chi connectivity index (χ0) is 22.5. The fourth-order valence-corrected chi connectivity index (χ4v) is 6.77. The van der Waals surface area contributed by atoms with E-state index in [9.17, 15) is 31.2 Å². The van der Waals surface area contributed by atoms with Crippen molar-refractivity contribution in [1.82, 2.24) is 0 Å². The molecule has 1 N–H and O–H groups in total. The summed E-state index contributed by atoms with van der Waals surface area (Å²) >= 11 is 6.09. The van der Waals surface area contributed by atoms with Gasteiger partial charge in [-0.25, -0.2) is 21.6 Å². The number of hydrogen-bond donors (Lipinski definition) is 1. The van der Waals surface area contributed by atoms with Crippen LogP contribution in [-0.4, -0.2) is 25.9 Å². The molecule has 0 radical (unpaired) electrons. The van der Waals surface area contributed by atoms with Crippen molar-refractivity contribution < 1.29 is 31.2 Å². The van der Waals surface area contributed by atoms with Crippen molar-refractivity contribution in [3.05, 3.63) is 58.4 Å². The molecule has 10 heteroatoms. The molecule has 3 saturated carbocycles. The van der Waals surface area contributed by atoms with Crippen LogP contribution >= 0.6 is 11.6 Å². The molecule has 0 heterocycles. The van der Waals surface area contributed by atoms with Crippen molar-refractivity contribution >= 4 is 38.8 Å². The van der Waals surface area contributed by atoms with Crippen molar-refractivity contribution in [3.63, 3.8) is 0 Å². The van der Waals surface area contributed by atoms with Crippen LogP contribution in [0.2, 0.25) is 5.02 Å². The first-order chi connectivity index (χ1) is 14.5. The number of ketones is 1. The number of amides is 1. The Morgan fingerprint density at radius 1 is 1.06 bits per heavy atom. The van der Waals surface area contributed by atoms with Crippen LogP contribution in [0.5, 0.6) is 0 Å². The highest BCUT2D eigenvalue weighted by molar-refractivity contribution is 7.91. The molecule has 0 spiro atoms. The van der Waals surface area contributed by atoms with Crippen LogP contribution in [0.15, 0.2) is 35.2 Å². The Labute approximate surface area is 181 Å². The van der Waals surface area contributed by atoms with E-state index in [-0.39, 0.29) is 50.5 Å². The van der Waals surface area contributed by atoms with Crippen molar-refractivity contribution in [2.24, 2.45) is 17.8 Å². The van der Waals surface area contributed by atoms with E-state index in [1.54, 1.807) is 0 Å². The second-order valence-corrected chi connectivity index (χ2v) is 10.4. The van der Waals surface area contributed by atoms with Gasteiger partial charge >= 0.3 is 0 Å². The lowest BCUT2D eigenvalue weighted by Gasteiger charge is -2.48. The van der Waals surface area contributed by atoms with Gasteiger partial charge in [0.25, 0.3) is 5.91 Å². The molecular weight excluding hydrogens is 455 g/mol. The minimum absolute atomic E-state index is 0.0505. The molecule has 0 aromatic heterocycles. The van der Waals surface area contributed by atoms with Gasteiger partial charge in [0.2, 0.25) is 0 Å². The van der Waals surface area contributed by atoms with Crippen LogP contribution in [0.25, 0.3) is 0 Å². The second-order valence-electron chi connectivity index (χ2n) is 8.00. The van der Waals surface area contributed by atoms with Gasteiger partial charge in [-0.3, -0.25) is 9.59 Å². The number of nitrogens with one attached hydrogen (secondary N) is 1. The molecule has 0 saturated heterocycles. The molecule has 5 nitrogen and oxygen atoms in total. The number of anilines is 1. The first-order valence-corrected chi connectivity index (χ1v) is 11.6. The zero-order valence-electron chi connectivity index (χ0n) is 16.0. The Morgan fingerprint density at radius 2 is 1.68 bits per heavy atom. The molecule has 5 rings (SSSR count). The van der Waals surface area contributed by atoms with E-state index < -0.39 is 33.2 Å². The Morgan fingerprint density at radius 3 is 2.29 bits per heavy atom. The Hall–Kier alpha value is -2.39. The van der Waals surface area contributed by atoms with Crippen LogP contribution in [0.4, 0.5) is 18.9 Å². The number of sulfone groups is 1. The highest BCUT2D eigenvalue weighted by Crippen LogP contribution is 2.50. The van der Waals surface area contributed by atoms with E-state index in [1.807, 2.05) is 0 Å². The maximum Gasteiger partial charge on any atom is 0.255 e. The Bertz CT molecular complexity index is 1160. The summed E-state index contributed by atoms with van der Waals surface area (Å²) in [5.41, 5.74) is -0.426. The van der Waals surface area contributed by atoms with Gasteiger partial charge in [-0.15, -0.1) is 0 Å². The zero-order valence-corrected chi connectivity index (χ0v) is 17.6. The lowest BCUT2D eigenvalue weighted by Crippen LogP contribution is -2.47. The van der Waals surface area contributed by atoms with Gasteiger partial charge in [0.05, 0.1) is 15.7 Å². The maximum absolute atomic E-state index is 13.4. The molecule has 2 aromatic rings. The van der Waals surface area contributed by atoms with Crippen LogP contribution in [0.3, 0.4) is 0 Å². The van der Waals surface area contributed by atoms with Crippen LogP contribution in [0.1, 0.15) is 29.6 Å². The van der Waals surface area contributed by atoms with Crippen molar-refractivity contribution in [2.75, 3.05) is 11.1 Å².